The first-order chi connectivity index (χ1) is 10.4. The minimum absolute atomic E-state index is 0. The highest BCUT2D eigenvalue weighted by molar-refractivity contribution is 7.59. The third-order valence-electron chi connectivity index (χ3n) is 4.81. The van der Waals surface area contributed by atoms with Gasteiger partial charge in [-0.15, -0.1) is 0 Å². The lowest BCUT2D eigenvalue weighted by Gasteiger charge is -2.41. The van der Waals surface area contributed by atoms with E-state index in [1.807, 2.05) is 0 Å². The van der Waals surface area contributed by atoms with Crippen molar-refractivity contribution in [3.8, 4) is 0 Å². The number of benzene rings is 2. The highest BCUT2D eigenvalue weighted by atomic mass is 32.1. The van der Waals surface area contributed by atoms with Crippen molar-refractivity contribution in [3.63, 3.8) is 0 Å². The zero-order valence-electron chi connectivity index (χ0n) is 13.3. The molecule has 3 heterocycles. The van der Waals surface area contributed by atoms with E-state index in [1.54, 1.807) is 0 Å². The summed E-state index contributed by atoms with van der Waals surface area (Å²) < 4.78 is 0. The van der Waals surface area contributed by atoms with Crippen LogP contribution in [-0.2, 0) is 6.54 Å². The Morgan fingerprint density at radius 1 is 0.958 bits per heavy atom. The Morgan fingerprint density at radius 3 is 2.54 bits per heavy atom. The maximum atomic E-state index is 3.67. The van der Waals surface area contributed by atoms with Gasteiger partial charge in [-0.3, -0.25) is 4.90 Å². The molecule has 1 N–H and O–H groups in total. The van der Waals surface area contributed by atoms with E-state index in [-0.39, 0.29) is 34.4 Å². The summed E-state index contributed by atoms with van der Waals surface area (Å²) in [5, 5.41) is 6.36. The quantitative estimate of drug-likeness (QED) is 0.806. The van der Waals surface area contributed by atoms with Crippen LogP contribution in [0.15, 0.2) is 54.6 Å². The van der Waals surface area contributed by atoms with Crippen molar-refractivity contribution in [1.82, 2.24) is 10.2 Å². The van der Waals surface area contributed by atoms with Gasteiger partial charge in [0, 0.05) is 31.7 Å². The molecule has 2 atom stereocenters. The molecule has 1 saturated heterocycles. The van der Waals surface area contributed by atoms with Crippen LogP contribution in [0.3, 0.4) is 0 Å². The Kier molecular flexibility index (Phi) is 8.37. The molecule has 2 aromatic rings. The lowest BCUT2D eigenvalue weighted by atomic mass is 9.98. The van der Waals surface area contributed by atoms with Crippen LogP contribution in [0.25, 0.3) is 10.8 Å². The van der Waals surface area contributed by atoms with Gasteiger partial charge in [0.1, 0.15) is 0 Å². The van der Waals surface area contributed by atoms with E-state index in [1.165, 1.54) is 35.7 Å². The van der Waals surface area contributed by atoms with Crippen molar-refractivity contribution in [3.05, 3.63) is 60.2 Å². The molecule has 132 valence electrons. The van der Waals surface area contributed by atoms with Gasteiger partial charge in [0.05, 0.1) is 0 Å². The molecule has 0 saturated carbocycles. The van der Waals surface area contributed by atoms with Crippen LogP contribution in [0.2, 0.25) is 0 Å². The van der Waals surface area contributed by atoms with Crippen LogP contribution in [0.1, 0.15) is 25.8 Å². The van der Waals surface area contributed by atoms with Crippen molar-refractivity contribution < 1.29 is 0 Å². The van der Waals surface area contributed by atoms with Crippen LogP contribution < -0.4 is 5.32 Å². The fraction of sp³-hybridized carbons (Fsp3) is 0.400. The average molecular weight is 363 g/mol. The molecule has 0 spiro atoms. The monoisotopic (exact) mass is 362 g/mol. The summed E-state index contributed by atoms with van der Waals surface area (Å²) in [4.78, 5) is 2.66. The molecule has 2 bridgehead atoms. The van der Waals surface area contributed by atoms with Gasteiger partial charge in [0.15, 0.2) is 0 Å². The second kappa shape index (κ2) is 9.52. The first-order valence-corrected chi connectivity index (χ1v) is 7.98. The van der Waals surface area contributed by atoms with Crippen LogP contribution >= 0.6 is 27.0 Å². The zero-order chi connectivity index (χ0) is 14.1. The Hall–Kier alpha value is -0.940. The van der Waals surface area contributed by atoms with Gasteiger partial charge >= 0.3 is 0 Å². The summed E-state index contributed by atoms with van der Waals surface area (Å²) in [6, 6.07) is 16.8. The number of fused-ring (bicyclic) bond motifs is 5. The van der Waals surface area contributed by atoms with Gasteiger partial charge in [-0.25, -0.2) is 0 Å². The average Bonchev–Trinajstić information content (AvgIpc) is 2.48. The number of rotatable bonds is 2. The summed E-state index contributed by atoms with van der Waals surface area (Å²) in [5.41, 5.74) is 1.43. The minimum atomic E-state index is 0. The minimum Gasteiger partial charge on any atom is -0.311 e. The molecule has 0 aliphatic carbocycles. The highest BCUT2D eigenvalue weighted by Crippen LogP contribution is 2.22. The summed E-state index contributed by atoms with van der Waals surface area (Å²) in [6.45, 7) is 3.37. The molecule has 4 heteroatoms. The van der Waals surface area contributed by atoms with Gasteiger partial charge < -0.3 is 5.32 Å². The van der Waals surface area contributed by atoms with Crippen molar-refractivity contribution in [2.75, 3.05) is 13.1 Å². The second-order valence-electron chi connectivity index (χ2n) is 6.31. The lowest BCUT2D eigenvalue weighted by Crippen LogP contribution is -2.56. The van der Waals surface area contributed by atoms with E-state index in [0.717, 1.165) is 13.1 Å². The Balaban J connectivity index is 0.000000960. The van der Waals surface area contributed by atoms with Gasteiger partial charge in [0.2, 0.25) is 0 Å². The smallest absolute Gasteiger partial charge is 0.0259 e. The molecule has 3 aliphatic heterocycles. The van der Waals surface area contributed by atoms with E-state index in [2.05, 4.69) is 64.8 Å². The normalized spacial score (nSPS) is 24.0. The molecular weight excluding hydrogens is 332 g/mol. The number of nitrogens with one attached hydrogen (secondary N) is 1. The summed E-state index contributed by atoms with van der Waals surface area (Å²) in [7, 11) is 0. The molecule has 0 amide bonds. The Labute approximate surface area is 160 Å². The predicted octanol–water partition coefficient (Wildman–Crippen LogP) is 4.19. The number of hydrogen-bond acceptors (Lipinski definition) is 2. The van der Waals surface area contributed by atoms with Crippen LogP contribution in [0.4, 0.5) is 0 Å². The summed E-state index contributed by atoms with van der Waals surface area (Å²) in [6.07, 6.45) is 7.05. The number of hydrogen-bond donors (Lipinski definition) is 1. The Bertz CT molecular complexity index is 671. The van der Waals surface area contributed by atoms with Gasteiger partial charge in [0.25, 0.3) is 0 Å². The summed E-state index contributed by atoms with van der Waals surface area (Å²) in [5.74, 6) is 0. The molecule has 0 unspecified atom stereocenters. The van der Waals surface area contributed by atoms with Gasteiger partial charge in [-0.05, 0) is 35.2 Å². The van der Waals surface area contributed by atoms with E-state index in [9.17, 15) is 0 Å². The lowest BCUT2D eigenvalue weighted by molar-refractivity contribution is 0.120. The largest absolute Gasteiger partial charge is 0.311 e. The van der Waals surface area contributed by atoms with Crippen LogP contribution in [0.5, 0.6) is 0 Å². The molecule has 0 aromatic heterocycles. The maximum absolute atomic E-state index is 3.67. The number of nitrogens with zero attached hydrogens (tertiary/aromatic N) is 1. The topological polar surface area (TPSA) is 15.3 Å². The van der Waals surface area contributed by atoms with Crippen LogP contribution in [0, 0.1) is 0 Å². The second-order valence-corrected chi connectivity index (χ2v) is 6.31. The molecular formula is C20H30N2S2. The fourth-order valence-electron chi connectivity index (χ4n) is 3.60. The van der Waals surface area contributed by atoms with Crippen LogP contribution in [-0.4, -0.2) is 30.1 Å². The van der Waals surface area contributed by atoms with E-state index >= 15 is 0 Å². The molecule has 2 aromatic carbocycles. The Morgan fingerprint density at radius 2 is 1.71 bits per heavy atom. The third kappa shape index (κ3) is 4.57. The molecule has 2 nitrogen and oxygen atoms in total. The van der Waals surface area contributed by atoms with Crippen molar-refractivity contribution in [1.29, 1.82) is 0 Å². The highest BCUT2D eigenvalue weighted by Gasteiger charge is 2.27. The first-order valence-electron chi connectivity index (χ1n) is 7.98. The van der Waals surface area contributed by atoms with Crippen molar-refractivity contribution in [2.45, 2.75) is 38.9 Å². The predicted molar refractivity (Wildman–Crippen MR) is 116 cm³/mol. The van der Waals surface area contributed by atoms with E-state index in [0.29, 0.717) is 12.1 Å². The van der Waals surface area contributed by atoms with Gasteiger partial charge in [-0.2, -0.15) is 27.0 Å². The molecule has 0 radical (unpaired) electrons. The molecule has 3 aliphatic rings. The zero-order valence-corrected chi connectivity index (χ0v) is 15.3. The summed E-state index contributed by atoms with van der Waals surface area (Å²) >= 11 is 0. The SMILES string of the molecule is C.C1=C\C[C@H]2CN[C@@H](C/1)CN2Cc1ccc2ccccc2c1.S.S. The maximum Gasteiger partial charge on any atom is 0.0259 e. The molecule has 1 fully saturated rings. The molecule has 24 heavy (non-hydrogen) atoms. The van der Waals surface area contributed by atoms with Crippen molar-refractivity contribution in [2.24, 2.45) is 0 Å². The fourth-order valence-corrected chi connectivity index (χ4v) is 3.60. The third-order valence-corrected chi connectivity index (χ3v) is 4.81. The van der Waals surface area contributed by atoms with Gasteiger partial charge in [-0.1, -0.05) is 56.0 Å². The van der Waals surface area contributed by atoms with E-state index in [4.69, 9.17) is 0 Å². The van der Waals surface area contributed by atoms with Crippen molar-refractivity contribution >= 4 is 37.8 Å². The van der Waals surface area contributed by atoms with E-state index < -0.39 is 0 Å². The molecule has 5 rings (SSSR count). The standard InChI is InChI=1S/C19H22N2.CH4.2H2S/c1-2-6-17-11-15(9-10-16(17)5-1)13-21-14-18-7-3-4-8-19(21)12-20-18;;;/h1-6,9-11,18-20H,7-8,12-14H2;1H4;2*1H2/b4-3-;;;/t18-,19-;;;/m0.../s1. The number of piperazine rings is 1. The first kappa shape index (κ1) is 21.1.